The lowest BCUT2D eigenvalue weighted by molar-refractivity contribution is 0.0985. The van der Waals surface area contributed by atoms with Crippen LogP contribution in [0, 0.1) is 0 Å². The van der Waals surface area contributed by atoms with Gasteiger partial charge in [-0.15, -0.1) is 0 Å². The zero-order chi connectivity index (χ0) is 11.5. The van der Waals surface area contributed by atoms with Gasteiger partial charge < -0.3 is 10.2 Å². The zero-order valence-electron chi connectivity index (χ0n) is 9.01. The number of rotatable bonds is 4. The molecule has 5 nitrogen and oxygen atoms in total. The molecule has 0 spiro atoms. The van der Waals surface area contributed by atoms with Crippen molar-refractivity contribution in [3.63, 3.8) is 0 Å². The Bertz CT molecular complexity index is 499. The minimum absolute atomic E-state index is 0.0747. The molecule has 0 saturated heterocycles. The van der Waals surface area contributed by atoms with Gasteiger partial charge in [0.1, 0.15) is 5.76 Å². The van der Waals surface area contributed by atoms with Gasteiger partial charge in [0.05, 0.1) is 12.7 Å². The van der Waals surface area contributed by atoms with E-state index in [4.69, 9.17) is 10.2 Å². The number of hydrogen-bond donors (Lipinski definition) is 1. The summed E-state index contributed by atoms with van der Waals surface area (Å²) in [5, 5.41) is 4.13. The van der Waals surface area contributed by atoms with E-state index in [1.807, 2.05) is 6.20 Å². The summed E-state index contributed by atoms with van der Waals surface area (Å²) in [5.41, 5.74) is 6.45. The SMILES string of the molecule is CC(=O)c1ccc(Cn2cc(CN)cn2)o1. The molecule has 0 aromatic carbocycles. The van der Waals surface area contributed by atoms with Crippen molar-refractivity contribution < 1.29 is 9.21 Å². The highest BCUT2D eigenvalue weighted by atomic mass is 16.3. The summed E-state index contributed by atoms with van der Waals surface area (Å²) in [6.45, 7) is 2.45. The van der Waals surface area contributed by atoms with Crippen LogP contribution in [0.1, 0.15) is 28.8 Å². The molecular weight excluding hydrogens is 206 g/mol. The van der Waals surface area contributed by atoms with Crippen LogP contribution in [0.3, 0.4) is 0 Å². The van der Waals surface area contributed by atoms with Crippen LogP contribution in [0.15, 0.2) is 28.9 Å². The number of ketones is 1. The van der Waals surface area contributed by atoms with Crippen LogP contribution >= 0.6 is 0 Å². The van der Waals surface area contributed by atoms with Gasteiger partial charge in [0.15, 0.2) is 11.5 Å². The summed E-state index contributed by atoms with van der Waals surface area (Å²) in [4.78, 5) is 11.0. The summed E-state index contributed by atoms with van der Waals surface area (Å²) < 4.78 is 7.08. The van der Waals surface area contributed by atoms with Crippen LogP contribution in [0.4, 0.5) is 0 Å². The van der Waals surface area contributed by atoms with E-state index in [1.165, 1.54) is 6.92 Å². The van der Waals surface area contributed by atoms with Crippen LogP contribution in [0.2, 0.25) is 0 Å². The molecule has 0 fully saturated rings. The second-order valence-corrected chi connectivity index (χ2v) is 3.57. The van der Waals surface area contributed by atoms with Crippen molar-refractivity contribution in [3.05, 3.63) is 41.6 Å². The third-order valence-corrected chi connectivity index (χ3v) is 2.25. The molecule has 5 heteroatoms. The summed E-state index contributed by atoms with van der Waals surface area (Å²) in [6.07, 6.45) is 3.57. The topological polar surface area (TPSA) is 74.0 Å². The quantitative estimate of drug-likeness (QED) is 0.784. The van der Waals surface area contributed by atoms with Crippen LogP contribution in [0.5, 0.6) is 0 Å². The Morgan fingerprint density at radius 2 is 2.38 bits per heavy atom. The first-order valence-electron chi connectivity index (χ1n) is 5.00. The highest BCUT2D eigenvalue weighted by Gasteiger charge is 2.07. The van der Waals surface area contributed by atoms with Crippen molar-refractivity contribution in [1.29, 1.82) is 0 Å². The van der Waals surface area contributed by atoms with E-state index in [9.17, 15) is 4.79 Å². The molecule has 2 N–H and O–H groups in total. The maximum atomic E-state index is 11.0. The molecular formula is C11H13N3O2. The van der Waals surface area contributed by atoms with Gasteiger partial charge in [-0.2, -0.15) is 5.10 Å². The van der Waals surface area contributed by atoms with Crippen LogP contribution in [0.25, 0.3) is 0 Å². The summed E-state index contributed by atoms with van der Waals surface area (Å²) in [6, 6.07) is 3.45. The Hall–Kier alpha value is -1.88. The molecule has 0 aliphatic heterocycles. The van der Waals surface area contributed by atoms with E-state index in [2.05, 4.69) is 5.10 Å². The number of carbonyl (C=O) groups is 1. The highest BCUT2D eigenvalue weighted by Crippen LogP contribution is 2.10. The second kappa shape index (κ2) is 4.32. The molecule has 2 aromatic rings. The number of nitrogens with zero attached hydrogens (tertiary/aromatic N) is 2. The number of furan rings is 1. The number of carbonyl (C=O) groups excluding carboxylic acids is 1. The first-order chi connectivity index (χ1) is 7.69. The lowest BCUT2D eigenvalue weighted by Crippen LogP contribution is -1.99. The van der Waals surface area contributed by atoms with E-state index >= 15 is 0 Å². The van der Waals surface area contributed by atoms with Crippen LogP contribution in [-0.4, -0.2) is 15.6 Å². The van der Waals surface area contributed by atoms with Gasteiger partial charge in [-0.1, -0.05) is 0 Å². The third-order valence-electron chi connectivity index (χ3n) is 2.25. The predicted octanol–water partition coefficient (Wildman–Crippen LogP) is 1.19. The van der Waals surface area contributed by atoms with E-state index in [-0.39, 0.29) is 5.78 Å². The number of hydrogen-bond acceptors (Lipinski definition) is 4. The fourth-order valence-corrected chi connectivity index (χ4v) is 1.41. The Morgan fingerprint density at radius 3 is 2.94 bits per heavy atom. The Labute approximate surface area is 92.9 Å². The summed E-state index contributed by atoms with van der Waals surface area (Å²) in [7, 11) is 0. The second-order valence-electron chi connectivity index (χ2n) is 3.57. The molecule has 2 rings (SSSR count). The summed E-state index contributed by atoms with van der Waals surface area (Å²) >= 11 is 0. The van der Waals surface area contributed by atoms with Gasteiger partial charge in [0.25, 0.3) is 0 Å². The molecule has 0 aliphatic rings. The monoisotopic (exact) mass is 219 g/mol. The maximum Gasteiger partial charge on any atom is 0.194 e. The zero-order valence-corrected chi connectivity index (χ0v) is 9.01. The van der Waals surface area contributed by atoms with E-state index in [1.54, 1.807) is 23.0 Å². The lowest BCUT2D eigenvalue weighted by atomic mass is 10.3. The smallest absolute Gasteiger partial charge is 0.194 e. The van der Waals surface area contributed by atoms with Gasteiger partial charge >= 0.3 is 0 Å². The van der Waals surface area contributed by atoms with Crippen molar-refractivity contribution in [1.82, 2.24) is 9.78 Å². The summed E-state index contributed by atoms with van der Waals surface area (Å²) in [5.74, 6) is 1.01. The molecule has 0 unspecified atom stereocenters. The molecule has 0 saturated carbocycles. The molecule has 0 radical (unpaired) electrons. The largest absolute Gasteiger partial charge is 0.456 e. The number of Topliss-reactive ketones (excluding diaryl/α,β-unsaturated/α-hetero) is 1. The van der Waals surface area contributed by atoms with Crippen molar-refractivity contribution in [2.24, 2.45) is 5.73 Å². The predicted molar refractivity (Wildman–Crippen MR) is 57.9 cm³/mol. The highest BCUT2D eigenvalue weighted by molar-refractivity contribution is 5.91. The van der Waals surface area contributed by atoms with Crippen molar-refractivity contribution in [3.8, 4) is 0 Å². The fourth-order valence-electron chi connectivity index (χ4n) is 1.41. The number of aromatic nitrogens is 2. The molecule has 84 valence electrons. The lowest BCUT2D eigenvalue weighted by Gasteiger charge is -1.96. The maximum absolute atomic E-state index is 11.0. The van der Waals surface area contributed by atoms with E-state index < -0.39 is 0 Å². The van der Waals surface area contributed by atoms with E-state index in [0.29, 0.717) is 24.6 Å². The van der Waals surface area contributed by atoms with Crippen molar-refractivity contribution >= 4 is 5.78 Å². The fraction of sp³-hybridized carbons (Fsp3) is 0.273. The Morgan fingerprint density at radius 1 is 1.56 bits per heavy atom. The molecule has 2 heterocycles. The third kappa shape index (κ3) is 2.20. The Balaban J connectivity index is 2.11. The molecule has 2 aromatic heterocycles. The molecule has 0 amide bonds. The van der Waals surface area contributed by atoms with Gasteiger partial charge in [-0.3, -0.25) is 9.48 Å². The molecule has 0 bridgehead atoms. The van der Waals surface area contributed by atoms with Crippen molar-refractivity contribution in [2.45, 2.75) is 20.0 Å². The first-order valence-corrected chi connectivity index (χ1v) is 5.00. The normalized spacial score (nSPS) is 10.6. The first kappa shape index (κ1) is 10.6. The average molecular weight is 219 g/mol. The van der Waals surface area contributed by atoms with Gasteiger partial charge in [-0.05, 0) is 12.1 Å². The standard InChI is InChI=1S/C11H13N3O2/c1-8(15)11-3-2-10(16-11)7-14-6-9(4-12)5-13-14/h2-3,5-6H,4,7,12H2,1H3. The van der Waals surface area contributed by atoms with Gasteiger partial charge in [-0.25, -0.2) is 0 Å². The van der Waals surface area contributed by atoms with Gasteiger partial charge in [0, 0.05) is 25.2 Å². The minimum atomic E-state index is -0.0747. The van der Waals surface area contributed by atoms with E-state index in [0.717, 1.165) is 5.56 Å². The molecule has 16 heavy (non-hydrogen) atoms. The minimum Gasteiger partial charge on any atom is -0.456 e. The molecule has 0 aliphatic carbocycles. The van der Waals surface area contributed by atoms with Gasteiger partial charge in [0.2, 0.25) is 0 Å². The van der Waals surface area contributed by atoms with Crippen LogP contribution < -0.4 is 5.73 Å². The van der Waals surface area contributed by atoms with Crippen molar-refractivity contribution in [2.75, 3.05) is 0 Å². The average Bonchev–Trinajstić information content (AvgIpc) is 2.87. The number of nitrogens with two attached hydrogens (primary N) is 1. The van der Waals surface area contributed by atoms with Crippen LogP contribution in [-0.2, 0) is 13.1 Å². The Kier molecular flexibility index (Phi) is 2.87. The molecule has 0 atom stereocenters.